The second-order valence-electron chi connectivity index (χ2n) is 5.14. The quantitative estimate of drug-likeness (QED) is 0.822. The molecular formula is C17H19BrFNO. The van der Waals surface area contributed by atoms with Crippen molar-refractivity contribution in [2.75, 3.05) is 12.4 Å². The minimum absolute atomic E-state index is 0.206. The molecule has 0 fully saturated rings. The van der Waals surface area contributed by atoms with Crippen molar-refractivity contribution >= 4 is 21.6 Å². The first-order chi connectivity index (χ1) is 10.0. The van der Waals surface area contributed by atoms with Crippen molar-refractivity contribution in [2.45, 2.75) is 26.3 Å². The number of hydrogen-bond donors (Lipinski definition) is 1. The normalized spacial score (nSPS) is 12.0. The van der Waals surface area contributed by atoms with E-state index in [-0.39, 0.29) is 11.9 Å². The van der Waals surface area contributed by atoms with Gasteiger partial charge in [-0.25, -0.2) is 4.39 Å². The zero-order valence-corrected chi connectivity index (χ0v) is 14.0. The highest BCUT2D eigenvalue weighted by Gasteiger charge is 2.11. The first kappa shape index (κ1) is 15.8. The Hall–Kier alpha value is -1.55. The summed E-state index contributed by atoms with van der Waals surface area (Å²) in [5, 5.41) is 3.43. The third-order valence-corrected chi connectivity index (χ3v) is 4.00. The molecule has 1 unspecified atom stereocenters. The topological polar surface area (TPSA) is 21.3 Å². The van der Waals surface area contributed by atoms with Gasteiger partial charge in [-0.15, -0.1) is 0 Å². The van der Waals surface area contributed by atoms with Crippen LogP contribution in [0.25, 0.3) is 0 Å². The largest absolute Gasteiger partial charge is 0.496 e. The Bertz CT molecular complexity index is 630. The van der Waals surface area contributed by atoms with Crippen molar-refractivity contribution in [2.24, 2.45) is 0 Å². The monoisotopic (exact) mass is 351 g/mol. The summed E-state index contributed by atoms with van der Waals surface area (Å²) in [6, 6.07) is 11.5. The molecule has 0 spiro atoms. The smallest absolute Gasteiger partial charge is 0.137 e. The molecule has 2 rings (SSSR count). The van der Waals surface area contributed by atoms with Gasteiger partial charge < -0.3 is 10.1 Å². The molecule has 0 saturated carbocycles. The Balaban J connectivity index is 2.12. The van der Waals surface area contributed by atoms with Gasteiger partial charge in [0, 0.05) is 11.7 Å². The van der Waals surface area contributed by atoms with Gasteiger partial charge in [0.2, 0.25) is 0 Å². The number of para-hydroxylation sites is 1. The molecular weight excluding hydrogens is 333 g/mol. The molecule has 2 aromatic rings. The first-order valence-corrected chi connectivity index (χ1v) is 7.64. The highest BCUT2D eigenvalue weighted by molar-refractivity contribution is 9.10. The molecule has 2 aromatic carbocycles. The van der Waals surface area contributed by atoms with Crippen molar-refractivity contribution in [3.05, 3.63) is 57.8 Å². The minimum Gasteiger partial charge on any atom is -0.496 e. The number of rotatable bonds is 5. The number of aryl methyl sites for hydroxylation is 1. The fourth-order valence-electron chi connectivity index (χ4n) is 2.32. The Morgan fingerprint density at radius 2 is 2.00 bits per heavy atom. The van der Waals surface area contributed by atoms with Crippen LogP contribution in [-0.4, -0.2) is 13.2 Å². The first-order valence-electron chi connectivity index (χ1n) is 6.85. The number of benzene rings is 2. The molecule has 4 heteroatoms. The van der Waals surface area contributed by atoms with Gasteiger partial charge in [0.1, 0.15) is 11.6 Å². The molecule has 1 atom stereocenters. The predicted octanol–water partition coefficient (Wildman–Crippen LogP) is 4.95. The molecule has 1 N–H and O–H groups in total. The van der Waals surface area contributed by atoms with Crippen LogP contribution in [0, 0.1) is 12.7 Å². The molecule has 21 heavy (non-hydrogen) atoms. The Labute approximate surface area is 133 Å². The van der Waals surface area contributed by atoms with Crippen LogP contribution in [0.5, 0.6) is 5.75 Å². The van der Waals surface area contributed by atoms with Crippen molar-refractivity contribution in [1.82, 2.24) is 0 Å². The van der Waals surface area contributed by atoms with Crippen LogP contribution in [-0.2, 0) is 6.42 Å². The molecule has 0 aliphatic carbocycles. The lowest BCUT2D eigenvalue weighted by molar-refractivity contribution is 0.409. The minimum atomic E-state index is -0.240. The van der Waals surface area contributed by atoms with E-state index in [1.165, 1.54) is 6.07 Å². The van der Waals surface area contributed by atoms with Gasteiger partial charge in [0.05, 0.1) is 11.6 Å². The van der Waals surface area contributed by atoms with Gasteiger partial charge in [-0.1, -0.05) is 18.2 Å². The zero-order valence-electron chi connectivity index (χ0n) is 12.4. The lowest BCUT2D eigenvalue weighted by Gasteiger charge is -2.19. The van der Waals surface area contributed by atoms with E-state index in [0.29, 0.717) is 4.47 Å². The van der Waals surface area contributed by atoms with Crippen molar-refractivity contribution in [3.8, 4) is 5.75 Å². The van der Waals surface area contributed by atoms with Crippen molar-refractivity contribution < 1.29 is 9.13 Å². The predicted molar refractivity (Wildman–Crippen MR) is 88.6 cm³/mol. The van der Waals surface area contributed by atoms with Gasteiger partial charge in [-0.3, -0.25) is 0 Å². The van der Waals surface area contributed by atoms with Crippen LogP contribution in [0.2, 0.25) is 0 Å². The number of anilines is 1. The second-order valence-corrected chi connectivity index (χ2v) is 6.00. The summed E-state index contributed by atoms with van der Waals surface area (Å²) in [6.07, 6.45) is 0.832. The van der Waals surface area contributed by atoms with E-state index in [4.69, 9.17) is 4.74 Å². The summed E-state index contributed by atoms with van der Waals surface area (Å²) in [4.78, 5) is 0. The average molecular weight is 352 g/mol. The number of methoxy groups -OCH3 is 1. The summed E-state index contributed by atoms with van der Waals surface area (Å²) in [7, 11) is 1.68. The van der Waals surface area contributed by atoms with E-state index in [2.05, 4.69) is 34.2 Å². The molecule has 0 radical (unpaired) electrons. The maximum absolute atomic E-state index is 13.5. The van der Waals surface area contributed by atoms with Crippen LogP contribution < -0.4 is 10.1 Å². The fraction of sp³-hybridized carbons (Fsp3) is 0.294. The van der Waals surface area contributed by atoms with Gasteiger partial charge in [0.25, 0.3) is 0 Å². The summed E-state index contributed by atoms with van der Waals surface area (Å²) in [5.41, 5.74) is 2.98. The van der Waals surface area contributed by atoms with Crippen LogP contribution in [0.3, 0.4) is 0 Å². The molecule has 0 heterocycles. The van der Waals surface area contributed by atoms with Gasteiger partial charge in [-0.2, -0.15) is 0 Å². The lowest BCUT2D eigenvalue weighted by Crippen LogP contribution is -2.19. The van der Waals surface area contributed by atoms with Gasteiger partial charge in [-0.05, 0) is 65.5 Å². The van der Waals surface area contributed by atoms with Crippen LogP contribution >= 0.6 is 15.9 Å². The molecule has 0 aliphatic rings. The van der Waals surface area contributed by atoms with Gasteiger partial charge in [0.15, 0.2) is 0 Å². The third kappa shape index (κ3) is 3.97. The van der Waals surface area contributed by atoms with E-state index < -0.39 is 0 Å². The number of halogens is 2. The van der Waals surface area contributed by atoms with E-state index in [0.717, 1.165) is 29.0 Å². The van der Waals surface area contributed by atoms with Gasteiger partial charge >= 0.3 is 0 Å². The number of nitrogens with one attached hydrogen (secondary N) is 1. The molecule has 0 aromatic heterocycles. The SMILES string of the molecule is COc1ccccc1CC(C)Nc1cc(Br)c(F)cc1C. The molecule has 0 bridgehead atoms. The summed E-state index contributed by atoms with van der Waals surface area (Å²) in [6.45, 7) is 4.00. The Kier molecular flexibility index (Phi) is 5.23. The van der Waals surface area contributed by atoms with Crippen molar-refractivity contribution in [1.29, 1.82) is 0 Å². The van der Waals surface area contributed by atoms with Crippen molar-refractivity contribution in [3.63, 3.8) is 0 Å². The Morgan fingerprint density at radius 3 is 2.71 bits per heavy atom. The van der Waals surface area contributed by atoms with E-state index in [9.17, 15) is 4.39 Å². The zero-order chi connectivity index (χ0) is 15.4. The van der Waals surface area contributed by atoms with E-state index in [1.54, 1.807) is 13.2 Å². The highest BCUT2D eigenvalue weighted by atomic mass is 79.9. The lowest BCUT2D eigenvalue weighted by atomic mass is 10.1. The average Bonchev–Trinajstić information content (AvgIpc) is 2.45. The van der Waals surface area contributed by atoms with E-state index in [1.807, 2.05) is 25.1 Å². The van der Waals surface area contributed by atoms with E-state index >= 15 is 0 Å². The van der Waals surface area contributed by atoms with Crippen LogP contribution in [0.4, 0.5) is 10.1 Å². The fourth-order valence-corrected chi connectivity index (χ4v) is 2.66. The molecule has 112 valence electrons. The third-order valence-electron chi connectivity index (χ3n) is 3.39. The number of hydrogen-bond acceptors (Lipinski definition) is 2. The second kappa shape index (κ2) is 6.94. The summed E-state index contributed by atoms with van der Waals surface area (Å²) in [5.74, 6) is 0.651. The molecule has 2 nitrogen and oxygen atoms in total. The maximum Gasteiger partial charge on any atom is 0.137 e. The Morgan fingerprint density at radius 1 is 1.29 bits per heavy atom. The highest BCUT2D eigenvalue weighted by Crippen LogP contribution is 2.26. The summed E-state index contributed by atoms with van der Waals surface area (Å²) < 4.78 is 19.3. The molecule has 0 aliphatic heterocycles. The maximum atomic E-state index is 13.5. The summed E-state index contributed by atoms with van der Waals surface area (Å²) >= 11 is 3.22. The van der Waals surface area contributed by atoms with Crippen LogP contribution in [0.15, 0.2) is 40.9 Å². The standard InChI is InChI=1S/C17H19BrFNO/c1-11-8-15(19)14(18)10-16(11)20-12(2)9-13-6-4-5-7-17(13)21-3/h4-8,10,12,20H,9H2,1-3H3. The molecule has 0 saturated heterocycles. The molecule has 0 amide bonds. The van der Waals surface area contributed by atoms with Crippen LogP contribution in [0.1, 0.15) is 18.1 Å². The number of ether oxygens (including phenoxy) is 1.